The van der Waals surface area contributed by atoms with Crippen molar-refractivity contribution in [3.05, 3.63) is 63.6 Å². The summed E-state index contributed by atoms with van der Waals surface area (Å²) in [6.07, 6.45) is 3.56. The third kappa shape index (κ3) is 2.60. The molecule has 2 aliphatic rings. The van der Waals surface area contributed by atoms with Crippen LogP contribution in [0.5, 0.6) is 5.75 Å². The van der Waals surface area contributed by atoms with E-state index in [9.17, 15) is 0 Å². The number of hydrogen-bond acceptors (Lipinski definition) is 2. The Morgan fingerprint density at radius 3 is 2.43 bits per heavy atom. The van der Waals surface area contributed by atoms with Crippen molar-refractivity contribution in [1.82, 2.24) is 0 Å². The number of hydrogen-bond donors (Lipinski definition) is 1. The van der Waals surface area contributed by atoms with Gasteiger partial charge in [-0.3, -0.25) is 0 Å². The lowest BCUT2D eigenvalue weighted by atomic mass is 9.93. The summed E-state index contributed by atoms with van der Waals surface area (Å²) in [5, 5.41) is 0. The van der Waals surface area contributed by atoms with Crippen molar-refractivity contribution in [1.29, 1.82) is 0 Å². The van der Waals surface area contributed by atoms with E-state index in [0.717, 1.165) is 28.1 Å². The van der Waals surface area contributed by atoms with E-state index in [1.165, 1.54) is 24.0 Å². The maximum absolute atomic E-state index is 6.33. The monoisotopic (exact) mass is 343 g/mol. The van der Waals surface area contributed by atoms with Crippen LogP contribution < -0.4 is 10.5 Å². The summed E-state index contributed by atoms with van der Waals surface area (Å²) < 4.78 is 7.21. The van der Waals surface area contributed by atoms with Crippen molar-refractivity contribution >= 4 is 15.9 Å². The summed E-state index contributed by atoms with van der Waals surface area (Å²) in [5.41, 5.74) is 10.1. The van der Waals surface area contributed by atoms with Crippen molar-refractivity contribution < 1.29 is 4.74 Å². The van der Waals surface area contributed by atoms with Gasteiger partial charge in [-0.15, -0.1) is 0 Å². The number of nitrogens with two attached hydrogens (primary N) is 1. The number of fused-ring (bicyclic) bond motifs is 1. The van der Waals surface area contributed by atoms with Crippen molar-refractivity contribution in [2.75, 3.05) is 0 Å². The van der Waals surface area contributed by atoms with Crippen molar-refractivity contribution in [3.63, 3.8) is 0 Å². The van der Waals surface area contributed by atoms with Gasteiger partial charge in [-0.25, -0.2) is 0 Å². The minimum absolute atomic E-state index is 0.0272. The molecule has 1 aliphatic carbocycles. The molecule has 3 heteroatoms. The first-order valence-corrected chi connectivity index (χ1v) is 8.31. The van der Waals surface area contributed by atoms with E-state index in [1.54, 1.807) is 0 Å². The highest BCUT2D eigenvalue weighted by Gasteiger charge is 2.28. The first-order chi connectivity index (χ1) is 10.2. The van der Waals surface area contributed by atoms with Gasteiger partial charge in [0.1, 0.15) is 11.9 Å². The number of benzene rings is 2. The van der Waals surface area contributed by atoms with Gasteiger partial charge < -0.3 is 10.5 Å². The third-order valence-electron chi connectivity index (χ3n) is 4.47. The molecule has 0 amide bonds. The van der Waals surface area contributed by atoms with Gasteiger partial charge in [0.2, 0.25) is 0 Å². The summed E-state index contributed by atoms with van der Waals surface area (Å²) in [7, 11) is 0. The van der Waals surface area contributed by atoms with E-state index in [0.29, 0.717) is 0 Å². The highest BCUT2D eigenvalue weighted by molar-refractivity contribution is 9.10. The molecular weight excluding hydrogens is 326 g/mol. The highest BCUT2D eigenvalue weighted by Crippen LogP contribution is 2.43. The highest BCUT2D eigenvalue weighted by atomic mass is 79.9. The summed E-state index contributed by atoms with van der Waals surface area (Å²) in [4.78, 5) is 0. The Morgan fingerprint density at radius 2 is 1.71 bits per heavy atom. The minimum Gasteiger partial charge on any atom is -0.485 e. The normalized spacial score (nSPS) is 24.3. The van der Waals surface area contributed by atoms with Crippen molar-refractivity contribution in [3.8, 4) is 5.75 Å². The zero-order valence-electron chi connectivity index (χ0n) is 11.8. The molecule has 2 aromatic carbocycles. The largest absolute Gasteiger partial charge is 0.485 e. The Kier molecular flexibility index (Phi) is 3.27. The molecule has 1 fully saturated rings. The lowest BCUT2D eigenvalue weighted by molar-refractivity contribution is 0.161. The minimum atomic E-state index is 0.0272. The molecule has 1 heterocycles. The first-order valence-electron chi connectivity index (χ1n) is 7.52. The van der Waals surface area contributed by atoms with Crippen LogP contribution in [0.25, 0.3) is 0 Å². The fourth-order valence-electron chi connectivity index (χ4n) is 3.08. The van der Waals surface area contributed by atoms with E-state index < -0.39 is 0 Å². The lowest BCUT2D eigenvalue weighted by Gasteiger charge is -2.30. The topological polar surface area (TPSA) is 35.2 Å². The number of ether oxygens (including phenoxy) is 1. The van der Waals surface area contributed by atoms with Crippen LogP contribution in [-0.4, -0.2) is 0 Å². The van der Waals surface area contributed by atoms with Crippen LogP contribution in [0.2, 0.25) is 0 Å². The predicted octanol–water partition coefficient (Wildman–Crippen LogP) is 4.85. The van der Waals surface area contributed by atoms with Gasteiger partial charge in [0, 0.05) is 22.5 Å². The van der Waals surface area contributed by atoms with Crippen molar-refractivity contribution in [2.45, 2.75) is 37.3 Å². The molecule has 2 atom stereocenters. The molecule has 108 valence electrons. The SMILES string of the molecule is N[C@H]1CC(c2ccc(C3CC3)cc2)Oc2ccc(Br)cc21. The molecule has 1 saturated carbocycles. The summed E-state index contributed by atoms with van der Waals surface area (Å²) in [6.45, 7) is 0. The van der Waals surface area contributed by atoms with E-state index in [1.807, 2.05) is 12.1 Å². The molecule has 1 unspecified atom stereocenters. The molecule has 21 heavy (non-hydrogen) atoms. The average Bonchev–Trinajstić information content (AvgIpc) is 3.33. The van der Waals surface area contributed by atoms with Crippen LogP contribution in [0.3, 0.4) is 0 Å². The Morgan fingerprint density at radius 1 is 1.00 bits per heavy atom. The average molecular weight is 344 g/mol. The van der Waals surface area contributed by atoms with Crippen LogP contribution in [0.1, 0.15) is 54.0 Å². The van der Waals surface area contributed by atoms with Gasteiger partial charge in [-0.2, -0.15) is 0 Å². The van der Waals surface area contributed by atoms with Gasteiger partial charge in [-0.05, 0) is 48.1 Å². The van der Waals surface area contributed by atoms with Crippen LogP contribution in [0.4, 0.5) is 0 Å². The molecule has 4 rings (SSSR count). The maximum atomic E-state index is 6.33. The Bertz CT molecular complexity index is 663. The summed E-state index contributed by atoms with van der Waals surface area (Å²) in [5.74, 6) is 1.71. The molecule has 2 nitrogen and oxygen atoms in total. The summed E-state index contributed by atoms with van der Waals surface area (Å²) >= 11 is 3.49. The fourth-order valence-corrected chi connectivity index (χ4v) is 3.46. The summed E-state index contributed by atoms with van der Waals surface area (Å²) in [6, 6.07) is 15.0. The van der Waals surface area contributed by atoms with Crippen LogP contribution in [-0.2, 0) is 0 Å². The smallest absolute Gasteiger partial charge is 0.126 e. The quantitative estimate of drug-likeness (QED) is 0.845. The Balaban J connectivity index is 1.60. The van der Waals surface area contributed by atoms with E-state index in [2.05, 4.69) is 46.3 Å². The molecule has 0 saturated heterocycles. The zero-order chi connectivity index (χ0) is 14.4. The van der Waals surface area contributed by atoms with E-state index >= 15 is 0 Å². The van der Waals surface area contributed by atoms with Gasteiger partial charge in [0.25, 0.3) is 0 Å². The zero-order valence-corrected chi connectivity index (χ0v) is 13.3. The van der Waals surface area contributed by atoms with Crippen LogP contribution in [0, 0.1) is 0 Å². The second-order valence-corrected chi connectivity index (χ2v) is 6.99. The molecule has 2 aromatic rings. The van der Waals surface area contributed by atoms with Gasteiger partial charge in [-0.1, -0.05) is 40.2 Å². The first kappa shape index (κ1) is 13.4. The number of rotatable bonds is 2. The molecule has 2 N–H and O–H groups in total. The fraction of sp³-hybridized carbons (Fsp3) is 0.333. The predicted molar refractivity (Wildman–Crippen MR) is 87.5 cm³/mol. The third-order valence-corrected chi connectivity index (χ3v) is 4.96. The van der Waals surface area contributed by atoms with E-state index in [4.69, 9.17) is 10.5 Å². The number of halogens is 1. The lowest BCUT2D eigenvalue weighted by Crippen LogP contribution is -2.24. The maximum Gasteiger partial charge on any atom is 0.126 e. The molecule has 0 bridgehead atoms. The molecular formula is C18H18BrNO. The van der Waals surface area contributed by atoms with Gasteiger partial charge in [0.05, 0.1) is 0 Å². The second kappa shape index (κ2) is 5.15. The molecule has 0 aromatic heterocycles. The molecule has 0 spiro atoms. The van der Waals surface area contributed by atoms with Crippen molar-refractivity contribution in [2.24, 2.45) is 5.73 Å². The van der Waals surface area contributed by atoms with Gasteiger partial charge >= 0.3 is 0 Å². The van der Waals surface area contributed by atoms with Gasteiger partial charge in [0.15, 0.2) is 0 Å². The molecule has 0 radical (unpaired) electrons. The Hall–Kier alpha value is -1.32. The van der Waals surface area contributed by atoms with Crippen LogP contribution in [0.15, 0.2) is 46.9 Å². The Labute approximate surface area is 133 Å². The molecule has 1 aliphatic heterocycles. The van der Waals surface area contributed by atoms with Crippen LogP contribution >= 0.6 is 15.9 Å². The second-order valence-electron chi connectivity index (χ2n) is 6.07. The standard InChI is InChI=1S/C18H18BrNO/c19-14-7-8-17-15(9-14)16(20)10-18(21-17)13-5-3-12(4-6-13)11-1-2-11/h3-9,11,16,18H,1-2,10,20H2/t16-,18?/m0/s1. The van der Waals surface area contributed by atoms with E-state index in [-0.39, 0.29) is 12.1 Å².